The van der Waals surface area contributed by atoms with Crippen LogP contribution in [0, 0.1) is 6.92 Å². The Balaban J connectivity index is 1.68. The fourth-order valence-corrected chi connectivity index (χ4v) is 2.31. The summed E-state index contributed by atoms with van der Waals surface area (Å²) in [5, 5.41) is 6.27. The van der Waals surface area contributed by atoms with Crippen molar-refractivity contribution in [3.8, 4) is 0 Å². The summed E-state index contributed by atoms with van der Waals surface area (Å²) in [7, 11) is 0. The van der Waals surface area contributed by atoms with Crippen molar-refractivity contribution in [3.05, 3.63) is 71.8 Å². The van der Waals surface area contributed by atoms with E-state index in [2.05, 4.69) is 15.5 Å². The third-order valence-electron chi connectivity index (χ3n) is 3.52. The molecule has 0 bridgehead atoms. The summed E-state index contributed by atoms with van der Waals surface area (Å²) >= 11 is 0. The van der Waals surface area contributed by atoms with Crippen LogP contribution in [-0.4, -0.2) is 28.1 Å². The molecule has 3 rings (SSSR count). The number of amides is 1. The van der Waals surface area contributed by atoms with E-state index in [1.54, 1.807) is 13.0 Å². The van der Waals surface area contributed by atoms with Crippen molar-refractivity contribution in [3.63, 3.8) is 0 Å². The monoisotopic (exact) mass is 355 g/mol. The van der Waals surface area contributed by atoms with Crippen LogP contribution in [-0.2, 0) is 22.6 Å². The smallest absolute Gasteiger partial charge is 0.329 e. The molecule has 1 aromatic carbocycles. The summed E-state index contributed by atoms with van der Waals surface area (Å²) in [6.45, 7) is 1.50. The summed E-state index contributed by atoms with van der Waals surface area (Å²) in [6, 6.07) is 11.5. The van der Waals surface area contributed by atoms with Gasteiger partial charge in [-0.05, 0) is 24.6 Å². The molecule has 0 spiro atoms. The van der Waals surface area contributed by atoms with Gasteiger partial charge >= 0.3 is 5.97 Å². The van der Waals surface area contributed by atoms with Crippen LogP contribution >= 0.6 is 0 Å². The van der Waals surface area contributed by atoms with E-state index < -0.39 is 17.9 Å². The standard InChI is InChI=1S/C18H17N3O5/c1-12-19-16(26-21-12)11-25-18(23)14(10-13-6-3-2-4-7-13)20-17(22)15-8-5-9-24-15/h2-9,14H,10-11H2,1H3,(H,20,22)/t14-/m0/s1. The molecule has 8 nitrogen and oxygen atoms in total. The number of esters is 1. The van der Waals surface area contributed by atoms with E-state index in [-0.39, 0.29) is 24.7 Å². The summed E-state index contributed by atoms with van der Waals surface area (Å²) < 4.78 is 15.2. The fraction of sp³-hybridized carbons (Fsp3) is 0.222. The number of benzene rings is 1. The maximum atomic E-state index is 12.5. The van der Waals surface area contributed by atoms with Crippen molar-refractivity contribution >= 4 is 11.9 Å². The number of ether oxygens (including phenoxy) is 1. The van der Waals surface area contributed by atoms with Gasteiger partial charge in [-0.15, -0.1) is 0 Å². The maximum Gasteiger partial charge on any atom is 0.329 e. The van der Waals surface area contributed by atoms with E-state index in [0.717, 1.165) is 5.56 Å². The highest BCUT2D eigenvalue weighted by molar-refractivity contribution is 5.94. The Hall–Kier alpha value is -3.42. The van der Waals surface area contributed by atoms with E-state index in [0.29, 0.717) is 5.82 Å². The number of aromatic nitrogens is 2. The number of hydrogen-bond acceptors (Lipinski definition) is 7. The minimum atomic E-state index is -0.890. The normalized spacial score (nSPS) is 11.7. The number of aryl methyl sites for hydroxylation is 1. The van der Waals surface area contributed by atoms with Gasteiger partial charge in [0.05, 0.1) is 6.26 Å². The summed E-state index contributed by atoms with van der Waals surface area (Å²) in [5.74, 6) is -0.357. The van der Waals surface area contributed by atoms with Crippen LogP contribution in [0.5, 0.6) is 0 Å². The van der Waals surface area contributed by atoms with Gasteiger partial charge in [-0.2, -0.15) is 4.98 Å². The second kappa shape index (κ2) is 8.11. The van der Waals surface area contributed by atoms with Gasteiger partial charge in [0, 0.05) is 6.42 Å². The highest BCUT2D eigenvalue weighted by atomic mass is 16.6. The van der Waals surface area contributed by atoms with Gasteiger partial charge in [0.25, 0.3) is 11.8 Å². The van der Waals surface area contributed by atoms with Crippen molar-refractivity contribution in [2.24, 2.45) is 0 Å². The third-order valence-corrected chi connectivity index (χ3v) is 3.52. The largest absolute Gasteiger partial charge is 0.459 e. The first-order valence-corrected chi connectivity index (χ1v) is 7.96. The number of carbonyl (C=O) groups excluding carboxylic acids is 2. The maximum absolute atomic E-state index is 12.5. The summed E-state index contributed by atoms with van der Waals surface area (Å²) in [5.41, 5.74) is 0.878. The lowest BCUT2D eigenvalue weighted by Crippen LogP contribution is -2.43. The van der Waals surface area contributed by atoms with Gasteiger partial charge in [-0.3, -0.25) is 4.79 Å². The number of nitrogens with one attached hydrogen (secondary N) is 1. The van der Waals surface area contributed by atoms with Crippen LogP contribution in [0.1, 0.15) is 27.8 Å². The van der Waals surface area contributed by atoms with E-state index in [1.807, 2.05) is 30.3 Å². The Kier molecular flexibility index (Phi) is 5.43. The Morgan fingerprint density at radius 1 is 1.19 bits per heavy atom. The van der Waals surface area contributed by atoms with Gasteiger partial charge in [0.1, 0.15) is 6.04 Å². The molecule has 2 heterocycles. The molecule has 0 radical (unpaired) electrons. The first-order valence-electron chi connectivity index (χ1n) is 7.96. The number of hydrogen-bond donors (Lipinski definition) is 1. The molecule has 1 atom stereocenters. The lowest BCUT2D eigenvalue weighted by molar-refractivity contribution is -0.148. The molecule has 8 heteroatoms. The molecular weight excluding hydrogens is 338 g/mol. The highest BCUT2D eigenvalue weighted by Crippen LogP contribution is 2.08. The quantitative estimate of drug-likeness (QED) is 0.646. The molecule has 0 aliphatic rings. The molecule has 134 valence electrons. The highest BCUT2D eigenvalue weighted by Gasteiger charge is 2.25. The molecular formula is C18H17N3O5. The van der Waals surface area contributed by atoms with Crippen molar-refractivity contribution < 1.29 is 23.3 Å². The van der Waals surface area contributed by atoms with E-state index in [1.165, 1.54) is 12.3 Å². The molecule has 26 heavy (non-hydrogen) atoms. The Labute approximate surface area is 149 Å². The van der Waals surface area contributed by atoms with E-state index in [4.69, 9.17) is 13.7 Å². The molecule has 2 aromatic heterocycles. The van der Waals surface area contributed by atoms with Crippen LogP contribution in [0.2, 0.25) is 0 Å². The second-order valence-corrected chi connectivity index (χ2v) is 5.54. The molecule has 0 fully saturated rings. The summed E-state index contributed by atoms with van der Waals surface area (Å²) in [4.78, 5) is 28.7. The fourth-order valence-electron chi connectivity index (χ4n) is 2.31. The van der Waals surface area contributed by atoms with Crippen LogP contribution < -0.4 is 5.32 Å². The van der Waals surface area contributed by atoms with Gasteiger partial charge in [-0.1, -0.05) is 35.5 Å². The zero-order valence-corrected chi connectivity index (χ0v) is 14.0. The molecule has 0 aliphatic carbocycles. The first kappa shape index (κ1) is 17.4. The lowest BCUT2D eigenvalue weighted by Gasteiger charge is -2.16. The summed E-state index contributed by atoms with van der Waals surface area (Å²) in [6.07, 6.45) is 1.66. The van der Waals surface area contributed by atoms with Crippen LogP contribution in [0.15, 0.2) is 57.7 Å². The zero-order valence-electron chi connectivity index (χ0n) is 14.0. The van der Waals surface area contributed by atoms with Gasteiger partial charge in [0.2, 0.25) is 0 Å². The molecule has 1 N–H and O–H groups in total. The average Bonchev–Trinajstić information content (AvgIpc) is 3.32. The van der Waals surface area contributed by atoms with Crippen molar-refractivity contribution in [2.45, 2.75) is 26.0 Å². The second-order valence-electron chi connectivity index (χ2n) is 5.54. The van der Waals surface area contributed by atoms with Gasteiger partial charge < -0.3 is 19.0 Å². The molecule has 0 saturated carbocycles. The average molecular weight is 355 g/mol. The predicted molar refractivity (Wildman–Crippen MR) is 88.9 cm³/mol. The number of carbonyl (C=O) groups is 2. The molecule has 0 aliphatic heterocycles. The lowest BCUT2D eigenvalue weighted by atomic mass is 10.1. The Morgan fingerprint density at radius 2 is 2.00 bits per heavy atom. The zero-order chi connectivity index (χ0) is 18.4. The third kappa shape index (κ3) is 4.56. The van der Waals surface area contributed by atoms with Crippen molar-refractivity contribution in [2.75, 3.05) is 0 Å². The van der Waals surface area contributed by atoms with Gasteiger partial charge in [-0.25, -0.2) is 4.79 Å². The number of nitrogens with zero attached hydrogens (tertiary/aromatic N) is 2. The molecule has 0 saturated heterocycles. The Morgan fingerprint density at radius 3 is 2.65 bits per heavy atom. The first-order chi connectivity index (χ1) is 12.6. The predicted octanol–water partition coefficient (Wildman–Crippen LogP) is 2.06. The van der Waals surface area contributed by atoms with Crippen molar-refractivity contribution in [1.82, 2.24) is 15.5 Å². The SMILES string of the molecule is Cc1noc(COC(=O)[C@H](Cc2ccccc2)NC(=O)c2ccco2)n1. The molecule has 1 amide bonds. The van der Waals surface area contributed by atoms with Gasteiger partial charge in [0.15, 0.2) is 18.2 Å². The van der Waals surface area contributed by atoms with Crippen LogP contribution in [0.3, 0.4) is 0 Å². The number of furan rings is 1. The Bertz CT molecular complexity index is 858. The molecule has 0 unspecified atom stereocenters. The van der Waals surface area contributed by atoms with Crippen LogP contribution in [0.25, 0.3) is 0 Å². The molecule has 3 aromatic rings. The minimum Gasteiger partial charge on any atom is -0.459 e. The minimum absolute atomic E-state index is 0.114. The van der Waals surface area contributed by atoms with E-state index >= 15 is 0 Å². The van der Waals surface area contributed by atoms with E-state index in [9.17, 15) is 9.59 Å². The van der Waals surface area contributed by atoms with Crippen LogP contribution in [0.4, 0.5) is 0 Å². The van der Waals surface area contributed by atoms with Crippen molar-refractivity contribution in [1.29, 1.82) is 0 Å². The topological polar surface area (TPSA) is 107 Å². The number of rotatable bonds is 7.